The van der Waals surface area contributed by atoms with E-state index in [1.54, 1.807) is 0 Å². The van der Waals surface area contributed by atoms with E-state index in [0.717, 1.165) is 0 Å². The van der Waals surface area contributed by atoms with Crippen molar-refractivity contribution in [2.45, 2.75) is 0 Å². The smallest absolute Gasteiger partial charge is 0.0788 e. The fourth-order valence-corrected chi connectivity index (χ4v) is 23.8. The Kier molecular flexibility index (Phi) is 18.9. The minimum atomic E-state index is 1.17. The monoisotopic (exact) mass is 1830 g/mol. The van der Waals surface area contributed by atoms with Crippen molar-refractivity contribution in [3.63, 3.8) is 0 Å². The van der Waals surface area contributed by atoms with Gasteiger partial charge in [-0.2, -0.15) is 0 Å². The molecule has 0 atom stereocenters. The van der Waals surface area contributed by atoms with Gasteiger partial charge >= 0.3 is 0 Å². The lowest BCUT2D eigenvalue weighted by Gasteiger charge is -2.13. The predicted molar refractivity (Wildman–Crippen MR) is 611 cm³/mol. The summed E-state index contributed by atoms with van der Waals surface area (Å²) in [5, 5.41) is 30.5. The summed E-state index contributed by atoms with van der Waals surface area (Å²) in [6, 6.07) is 193. The van der Waals surface area contributed by atoms with E-state index in [1.165, 1.54) is 263 Å². The van der Waals surface area contributed by atoms with Gasteiger partial charge in [0.2, 0.25) is 0 Å². The Morgan fingerprint density at radius 3 is 0.764 bits per heavy atom. The van der Waals surface area contributed by atoms with Crippen molar-refractivity contribution in [3.8, 4) is 45.5 Å². The standard InChI is InChI=1S/4C34H22N2/c1-2-13-24(14-3-1)35-30-18-8-6-16-26(30)27-21-22-32-33(34(27)35)28-17-7-9-19-31(28)36(32)29-20-10-12-23-11-4-5-15-25(23)29;1-2-12-25(13-3-1)35-31-16-8-6-14-27(31)29-21-30-28-15-7-9-17-32(28)36(34(30)22-33(29)35)26-19-18-23-10-4-5-11-24(23)20-26;1-2-12-25(13-3-1)35-31-16-8-6-14-27(31)29-20-21-30-28-15-7-9-17-32(28)36(34(30)33(29)35)26-19-18-23-10-4-5-11-24(23)22-26;1-2-12-25(13-3-1)35-29-16-8-6-14-27(29)33-31(35)20-21-32-34(33)28-15-7-9-17-30(28)36(32)26-19-18-23-10-4-5-11-24(23)22-26/h4*1-22H. The molecule has 144 heavy (non-hydrogen) atoms. The molecule has 0 radical (unpaired) electrons. The Morgan fingerprint density at radius 1 is 0.0972 bits per heavy atom. The third-order valence-electron chi connectivity index (χ3n) is 29.9. The largest absolute Gasteiger partial charge is 0.309 e. The normalized spacial score (nSPS) is 11.9. The van der Waals surface area contributed by atoms with Gasteiger partial charge in [-0.05, 0) is 208 Å². The van der Waals surface area contributed by atoms with Crippen molar-refractivity contribution in [2.24, 2.45) is 0 Å². The van der Waals surface area contributed by atoms with Crippen LogP contribution < -0.4 is 0 Å². The number of hydrogen-bond acceptors (Lipinski definition) is 0. The van der Waals surface area contributed by atoms with Crippen molar-refractivity contribution in [1.29, 1.82) is 0 Å². The summed E-state index contributed by atoms with van der Waals surface area (Å²) in [6.07, 6.45) is 0. The van der Waals surface area contributed by atoms with E-state index >= 15 is 0 Å². The number of para-hydroxylation sites is 12. The molecule has 32 rings (SSSR count). The van der Waals surface area contributed by atoms with E-state index < -0.39 is 0 Å². The topological polar surface area (TPSA) is 39.4 Å². The van der Waals surface area contributed by atoms with Crippen LogP contribution in [0.2, 0.25) is 0 Å². The Hall–Kier alpha value is -19.3. The minimum absolute atomic E-state index is 1.17. The first-order valence-corrected chi connectivity index (χ1v) is 49.5. The quantitative estimate of drug-likeness (QED) is 0.145. The Balaban J connectivity index is 0.0000000913. The van der Waals surface area contributed by atoms with Gasteiger partial charge in [0.15, 0.2) is 0 Å². The Bertz CT molecular complexity index is 10800. The second-order valence-electron chi connectivity index (χ2n) is 37.7. The molecular weight excluding hydrogens is 1750 g/mol. The molecule has 24 aromatic carbocycles. The summed E-state index contributed by atoms with van der Waals surface area (Å²) in [4.78, 5) is 0. The van der Waals surface area contributed by atoms with Crippen LogP contribution >= 0.6 is 0 Å². The molecule has 0 saturated carbocycles. The zero-order valence-corrected chi connectivity index (χ0v) is 78.4. The molecule has 0 aliphatic carbocycles. The molecular formula is C136H88N8. The predicted octanol–water partition coefficient (Wildman–Crippen LogP) is 36.1. The van der Waals surface area contributed by atoms with E-state index in [2.05, 4.69) is 570 Å². The summed E-state index contributed by atoms with van der Waals surface area (Å²) in [7, 11) is 0. The van der Waals surface area contributed by atoms with E-state index in [0.29, 0.717) is 0 Å². The summed E-state index contributed by atoms with van der Waals surface area (Å²) < 4.78 is 19.4. The van der Waals surface area contributed by atoms with Crippen LogP contribution in [0, 0.1) is 0 Å². The van der Waals surface area contributed by atoms with E-state index in [9.17, 15) is 0 Å². The van der Waals surface area contributed by atoms with Gasteiger partial charge in [-0.15, -0.1) is 0 Å². The maximum absolute atomic E-state index is 2.46. The fraction of sp³-hybridized carbons (Fsp3) is 0. The zero-order valence-electron chi connectivity index (χ0n) is 78.4. The SMILES string of the molecule is c1ccc(-n2c3ccccc3c3c4c5ccccc5n(-c5ccc6ccccc6c5)c4ccc32)cc1.c1ccc(-n2c3ccccc3c3cc4c5ccccc5n(-c5ccc6ccccc6c5)c4cc32)cc1.c1ccc(-n2c3ccccc3c3ccc4c(c5ccccc5n4-c4cccc5ccccc45)c32)cc1.c1ccc(-n2c3ccccc3c3ccc4c5ccccc5n(-c5ccc6ccccc6c5)c4c32)cc1. The third-order valence-corrected chi connectivity index (χ3v) is 29.9. The van der Waals surface area contributed by atoms with Gasteiger partial charge in [0, 0.05) is 131 Å². The van der Waals surface area contributed by atoms with Crippen molar-refractivity contribution in [1.82, 2.24) is 36.5 Å². The van der Waals surface area contributed by atoms with Gasteiger partial charge in [0.1, 0.15) is 0 Å². The average molecular weight is 1830 g/mol. The van der Waals surface area contributed by atoms with E-state index in [-0.39, 0.29) is 0 Å². The molecule has 0 unspecified atom stereocenters. The molecule has 0 bridgehead atoms. The third kappa shape index (κ3) is 12.8. The minimum Gasteiger partial charge on any atom is -0.309 e. The van der Waals surface area contributed by atoms with Gasteiger partial charge in [0.25, 0.3) is 0 Å². The highest BCUT2D eigenvalue weighted by atomic mass is 15.1. The average Bonchev–Trinajstić information content (AvgIpc) is 1.56. The van der Waals surface area contributed by atoms with Crippen molar-refractivity contribution >= 4 is 218 Å². The maximum atomic E-state index is 2.46. The second-order valence-corrected chi connectivity index (χ2v) is 37.7. The first kappa shape index (κ1) is 81.9. The summed E-state index contributed by atoms with van der Waals surface area (Å²) >= 11 is 0. The lowest BCUT2D eigenvalue weighted by Crippen LogP contribution is -1.98. The fourth-order valence-electron chi connectivity index (χ4n) is 23.8. The summed E-state index contributed by atoms with van der Waals surface area (Å²) in [5.41, 5.74) is 29.2. The Labute approximate surface area is 827 Å². The van der Waals surface area contributed by atoms with Crippen LogP contribution in [0.15, 0.2) is 534 Å². The number of aromatic nitrogens is 8. The van der Waals surface area contributed by atoms with Gasteiger partial charge < -0.3 is 36.5 Å². The molecule has 0 saturated heterocycles. The number of rotatable bonds is 8. The molecule has 0 aliphatic heterocycles. The molecule has 0 spiro atoms. The molecule has 0 fully saturated rings. The molecule has 672 valence electrons. The van der Waals surface area contributed by atoms with Crippen molar-refractivity contribution in [3.05, 3.63) is 534 Å². The second kappa shape index (κ2) is 33.3. The molecule has 0 amide bonds. The maximum Gasteiger partial charge on any atom is 0.0788 e. The zero-order chi connectivity index (χ0) is 94.6. The highest BCUT2D eigenvalue weighted by Crippen LogP contribution is 2.49. The molecule has 8 heterocycles. The highest BCUT2D eigenvalue weighted by molar-refractivity contribution is 6.31. The van der Waals surface area contributed by atoms with E-state index in [1.807, 2.05) is 0 Å². The number of hydrogen-bond donors (Lipinski definition) is 0. The highest BCUT2D eigenvalue weighted by Gasteiger charge is 2.28. The van der Waals surface area contributed by atoms with Gasteiger partial charge in [0.05, 0.1) is 94.0 Å². The summed E-state index contributed by atoms with van der Waals surface area (Å²) in [5.74, 6) is 0. The van der Waals surface area contributed by atoms with Crippen LogP contribution in [0.3, 0.4) is 0 Å². The summed E-state index contributed by atoms with van der Waals surface area (Å²) in [6.45, 7) is 0. The van der Waals surface area contributed by atoms with E-state index in [4.69, 9.17) is 0 Å². The van der Waals surface area contributed by atoms with Gasteiger partial charge in [-0.1, -0.05) is 364 Å². The first-order valence-electron chi connectivity index (χ1n) is 49.5. The lowest BCUT2D eigenvalue weighted by molar-refractivity contribution is 1.15. The molecule has 8 heteroatoms. The van der Waals surface area contributed by atoms with Crippen molar-refractivity contribution in [2.75, 3.05) is 0 Å². The number of nitrogens with zero attached hydrogens (tertiary/aromatic N) is 8. The van der Waals surface area contributed by atoms with Gasteiger partial charge in [-0.25, -0.2) is 0 Å². The molecule has 0 aliphatic rings. The van der Waals surface area contributed by atoms with Crippen LogP contribution in [0.4, 0.5) is 0 Å². The van der Waals surface area contributed by atoms with Crippen LogP contribution in [-0.2, 0) is 0 Å². The number of fused-ring (bicyclic) bond motifs is 31. The van der Waals surface area contributed by atoms with Crippen LogP contribution in [0.25, 0.3) is 263 Å². The van der Waals surface area contributed by atoms with Gasteiger partial charge in [-0.3, -0.25) is 0 Å². The van der Waals surface area contributed by atoms with Crippen molar-refractivity contribution < 1.29 is 0 Å². The Morgan fingerprint density at radius 2 is 0.347 bits per heavy atom. The van der Waals surface area contributed by atoms with Crippen LogP contribution in [0.5, 0.6) is 0 Å². The lowest BCUT2D eigenvalue weighted by atomic mass is 10.1. The first-order chi connectivity index (χ1) is 71.5. The van der Waals surface area contributed by atoms with Crippen LogP contribution in [-0.4, -0.2) is 36.5 Å². The molecule has 8 aromatic heterocycles. The van der Waals surface area contributed by atoms with Crippen LogP contribution in [0.1, 0.15) is 0 Å². The molecule has 0 N–H and O–H groups in total. The number of benzene rings is 24. The molecule has 8 nitrogen and oxygen atoms in total. The molecule has 32 aromatic rings.